The molecule has 0 heterocycles. The first kappa shape index (κ1) is 11.4. The quantitative estimate of drug-likeness (QED) is 0.373. The molecule has 0 aromatic heterocycles. The molecule has 0 atom stereocenters. The van der Waals surface area contributed by atoms with E-state index in [0.717, 1.165) is 6.42 Å². The van der Waals surface area contributed by atoms with Crippen LogP contribution in [0.25, 0.3) is 0 Å². The molecule has 0 unspecified atom stereocenters. The summed E-state index contributed by atoms with van der Waals surface area (Å²) in [5.74, 6) is -1.17. The fraction of sp³-hybridized carbons (Fsp3) is 0.200. The van der Waals surface area contributed by atoms with Crippen molar-refractivity contribution in [2.45, 2.75) is 12.8 Å². The normalized spacial score (nSPS) is 10.8. The molecular formula is C10H13NO2. The van der Waals surface area contributed by atoms with Gasteiger partial charge in [0.2, 0.25) is 0 Å². The van der Waals surface area contributed by atoms with E-state index in [2.05, 4.69) is 6.58 Å². The van der Waals surface area contributed by atoms with Gasteiger partial charge in [0.1, 0.15) is 5.71 Å². The van der Waals surface area contributed by atoms with Crippen LogP contribution in [0.5, 0.6) is 0 Å². The Kier molecular flexibility index (Phi) is 6.15. The summed E-state index contributed by atoms with van der Waals surface area (Å²) in [5, 5.41) is 15.3. The molecule has 3 nitrogen and oxygen atoms in total. The van der Waals surface area contributed by atoms with Crippen LogP contribution in [0.15, 0.2) is 37.0 Å². The smallest absolute Gasteiger partial charge is 0.349 e. The number of nitrogens with one attached hydrogen (secondary N) is 1. The molecule has 2 N–H and O–H groups in total. The lowest BCUT2D eigenvalue weighted by molar-refractivity contribution is -0.129. The number of carbonyl (C=O) groups is 1. The summed E-state index contributed by atoms with van der Waals surface area (Å²) >= 11 is 0. The minimum atomic E-state index is -1.17. The Labute approximate surface area is 77.6 Å². The Morgan fingerprint density at radius 1 is 1.38 bits per heavy atom. The van der Waals surface area contributed by atoms with Crippen LogP contribution in [0.4, 0.5) is 0 Å². The second kappa shape index (κ2) is 7.03. The zero-order valence-corrected chi connectivity index (χ0v) is 7.36. The zero-order valence-electron chi connectivity index (χ0n) is 7.36. The van der Waals surface area contributed by atoms with Gasteiger partial charge in [-0.25, -0.2) is 4.79 Å². The molecule has 0 aliphatic rings. The maximum atomic E-state index is 10.2. The lowest BCUT2D eigenvalue weighted by Gasteiger charge is -1.88. The van der Waals surface area contributed by atoms with Crippen LogP contribution in [0.1, 0.15) is 12.8 Å². The molecule has 0 spiro atoms. The van der Waals surface area contributed by atoms with Crippen LogP contribution in [0.2, 0.25) is 0 Å². The van der Waals surface area contributed by atoms with Gasteiger partial charge in [-0.05, 0) is 6.42 Å². The molecular weight excluding hydrogens is 166 g/mol. The number of carboxylic acid groups (broad SMARTS) is 1. The van der Waals surface area contributed by atoms with Gasteiger partial charge in [0.15, 0.2) is 0 Å². The second-order valence-electron chi connectivity index (χ2n) is 2.37. The Bertz CT molecular complexity index is 252. The molecule has 0 amide bonds. The third-order valence-electron chi connectivity index (χ3n) is 1.27. The van der Waals surface area contributed by atoms with E-state index in [1.54, 1.807) is 24.3 Å². The van der Waals surface area contributed by atoms with Crippen molar-refractivity contribution >= 4 is 11.7 Å². The first-order chi connectivity index (χ1) is 6.18. The summed E-state index contributed by atoms with van der Waals surface area (Å²) in [6.45, 7) is 3.54. The summed E-state index contributed by atoms with van der Waals surface area (Å²) in [6, 6.07) is 0. The monoisotopic (exact) mass is 179 g/mol. The first-order valence-electron chi connectivity index (χ1n) is 3.91. The summed E-state index contributed by atoms with van der Waals surface area (Å²) in [6.07, 6.45) is 9.78. The Hall–Kier alpha value is -1.64. The van der Waals surface area contributed by atoms with E-state index in [1.165, 1.54) is 0 Å². The van der Waals surface area contributed by atoms with Crippen LogP contribution in [0.3, 0.4) is 0 Å². The van der Waals surface area contributed by atoms with E-state index in [-0.39, 0.29) is 12.1 Å². The second-order valence-corrected chi connectivity index (χ2v) is 2.37. The van der Waals surface area contributed by atoms with Crippen molar-refractivity contribution in [1.82, 2.24) is 0 Å². The van der Waals surface area contributed by atoms with Crippen molar-refractivity contribution in [2.24, 2.45) is 0 Å². The number of hydrogen-bond donors (Lipinski definition) is 2. The highest BCUT2D eigenvalue weighted by Crippen LogP contribution is 1.89. The van der Waals surface area contributed by atoms with E-state index in [4.69, 9.17) is 10.5 Å². The predicted octanol–water partition coefficient (Wildman–Crippen LogP) is 2.17. The molecule has 0 radical (unpaired) electrons. The molecule has 0 saturated heterocycles. The molecule has 0 aromatic rings. The van der Waals surface area contributed by atoms with Crippen molar-refractivity contribution in [2.75, 3.05) is 0 Å². The fourth-order valence-corrected chi connectivity index (χ4v) is 0.605. The Balaban J connectivity index is 3.69. The first-order valence-corrected chi connectivity index (χ1v) is 3.91. The van der Waals surface area contributed by atoms with Gasteiger partial charge < -0.3 is 5.11 Å². The third-order valence-corrected chi connectivity index (χ3v) is 1.27. The van der Waals surface area contributed by atoms with Crippen LogP contribution < -0.4 is 0 Å². The van der Waals surface area contributed by atoms with E-state index in [0.29, 0.717) is 0 Å². The Morgan fingerprint density at radius 3 is 2.54 bits per heavy atom. The minimum absolute atomic E-state index is 0.160. The lowest BCUT2D eigenvalue weighted by Crippen LogP contribution is -2.09. The lowest BCUT2D eigenvalue weighted by atomic mass is 10.2. The molecule has 0 fully saturated rings. The van der Waals surface area contributed by atoms with E-state index in [9.17, 15) is 4.79 Å². The highest BCUT2D eigenvalue weighted by molar-refractivity contribution is 6.34. The number of rotatable bonds is 6. The standard InChI is InChI=1S/C10H13NO2/c1-2-3-4-5-6-7-8-9(11)10(12)13/h2,4-7,11H,1,3,8H2,(H,12,13)/b5-4-,7-6-,11-9?. The van der Waals surface area contributed by atoms with Crippen LogP contribution in [-0.2, 0) is 4.79 Å². The molecule has 3 heteroatoms. The summed E-state index contributed by atoms with van der Waals surface area (Å²) in [5.41, 5.74) is -0.298. The SMILES string of the molecule is C=CC/C=C\C=C/CC(=N)C(=O)O. The van der Waals surface area contributed by atoms with Gasteiger partial charge >= 0.3 is 5.97 Å². The molecule has 0 bridgehead atoms. The highest BCUT2D eigenvalue weighted by atomic mass is 16.4. The number of allylic oxidation sites excluding steroid dienone is 5. The number of aliphatic carboxylic acids is 1. The van der Waals surface area contributed by atoms with E-state index < -0.39 is 5.97 Å². The van der Waals surface area contributed by atoms with Crippen molar-refractivity contribution in [3.63, 3.8) is 0 Å². The van der Waals surface area contributed by atoms with Gasteiger partial charge in [0, 0.05) is 6.42 Å². The topological polar surface area (TPSA) is 61.2 Å². The predicted molar refractivity (Wildman–Crippen MR) is 53.1 cm³/mol. The molecule has 13 heavy (non-hydrogen) atoms. The largest absolute Gasteiger partial charge is 0.477 e. The molecule has 0 aromatic carbocycles. The molecule has 0 aliphatic heterocycles. The third kappa shape index (κ3) is 6.75. The van der Waals surface area contributed by atoms with Crippen molar-refractivity contribution in [3.8, 4) is 0 Å². The summed E-state index contributed by atoms with van der Waals surface area (Å²) in [7, 11) is 0. The maximum absolute atomic E-state index is 10.2. The summed E-state index contributed by atoms with van der Waals surface area (Å²) in [4.78, 5) is 10.2. The van der Waals surface area contributed by atoms with Crippen molar-refractivity contribution < 1.29 is 9.90 Å². The maximum Gasteiger partial charge on any atom is 0.349 e. The van der Waals surface area contributed by atoms with E-state index >= 15 is 0 Å². The fourth-order valence-electron chi connectivity index (χ4n) is 0.605. The molecule has 0 aliphatic carbocycles. The van der Waals surface area contributed by atoms with Crippen LogP contribution in [0, 0.1) is 5.41 Å². The van der Waals surface area contributed by atoms with Gasteiger partial charge in [0.05, 0.1) is 0 Å². The molecule has 0 saturated carbocycles. The average Bonchev–Trinajstić information content (AvgIpc) is 2.10. The molecule has 70 valence electrons. The zero-order chi connectivity index (χ0) is 10.1. The average molecular weight is 179 g/mol. The van der Waals surface area contributed by atoms with Gasteiger partial charge in [-0.1, -0.05) is 30.4 Å². The van der Waals surface area contributed by atoms with E-state index in [1.807, 2.05) is 6.08 Å². The van der Waals surface area contributed by atoms with Gasteiger partial charge in [-0.2, -0.15) is 0 Å². The van der Waals surface area contributed by atoms with Crippen LogP contribution in [-0.4, -0.2) is 16.8 Å². The highest BCUT2D eigenvalue weighted by Gasteiger charge is 2.01. The van der Waals surface area contributed by atoms with Gasteiger partial charge in [0.25, 0.3) is 0 Å². The van der Waals surface area contributed by atoms with Crippen molar-refractivity contribution in [1.29, 1.82) is 5.41 Å². The van der Waals surface area contributed by atoms with Crippen LogP contribution >= 0.6 is 0 Å². The van der Waals surface area contributed by atoms with Crippen molar-refractivity contribution in [3.05, 3.63) is 37.0 Å². The minimum Gasteiger partial charge on any atom is -0.477 e. The number of hydrogen-bond acceptors (Lipinski definition) is 2. The Morgan fingerprint density at radius 2 is 2.00 bits per heavy atom. The summed E-state index contributed by atoms with van der Waals surface area (Å²) < 4.78 is 0. The van der Waals surface area contributed by atoms with Gasteiger partial charge in [-0.3, -0.25) is 5.41 Å². The molecule has 0 rings (SSSR count). The van der Waals surface area contributed by atoms with Gasteiger partial charge in [-0.15, -0.1) is 6.58 Å². The number of carboxylic acids is 1.